The standard InChI is InChI=1S/C13H18N2O4S/c1-10(16)11-2-4-12(5-3-11)14-13(17)15-6-8-20(18,19)9-7-15/h2-5,10,16H,6-9H2,1H3,(H,14,17). The van der Waals surface area contributed by atoms with Crippen LogP contribution in [0.25, 0.3) is 0 Å². The molecule has 1 heterocycles. The van der Waals surface area contributed by atoms with E-state index < -0.39 is 15.9 Å². The molecule has 110 valence electrons. The Bertz CT molecular complexity index is 567. The Morgan fingerprint density at radius 3 is 2.30 bits per heavy atom. The molecule has 0 aromatic heterocycles. The fourth-order valence-corrected chi connectivity index (χ4v) is 3.16. The van der Waals surface area contributed by atoms with Gasteiger partial charge in [0.25, 0.3) is 0 Å². The van der Waals surface area contributed by atoms with Crippen LogP contribution in [0.2, 0.25) is 0 Å². The monoisotopic (exact) mass is 298 g/mol. The molecule has 6 nitrogen and oxygen atoms in total. The molecule has 1 aliphatic heterocycles. The van der Waals surface area contributed by atoms with Gasteiger partial charge in [-0.25, -0.2) is 13.2 Å². The molecule has 0 spiro atoms. The van der Waals surface area contributed by atoms with E-state index in [2.05, 4.69) is 5.32 Å². The molecule has 1 unspecified atom stereocenters. The summed E-state index contributed by atoms with van der Waals surface area (Å²) < 4.78 is 22.6. The topological polar surface area (TPSA) is 86.7 Å². The molecule has 1 aromatic rings. The first-order valence-electron chi connectivity index (χ1n) is 6.42. The second-order valence-corrected chi connectivity index (χ2v) is 7.17. The number of hydrogen-bond donors (Lipinski definition) is 2. The van der Waals surface area contributed by atoms with Crippen LogP contribution in [0.3, 0.4) is 0 Å². The molecule has 0 radical (unpaired) electrons. The van der Waals surface area contributed by atoms with Gasteiger partial charge in [0.05, 0.1) is 17.6 Å². The Morgan fingerprint density at radius 2 is 1.80 bits per heavy atom. The normalized spacial score (nSPS) is 19.4. The number of hydrogen-bond acceptors (Lipinski definition) is 4. The number of anilines is 1. The number of benzene rings is 1. The van der Waals surface area contributed by atoms with Crippen LogP contribution in [0.1, 0.15) is 18.6 Å². The van der Waals surface area contributed by atoms with E-state index in [9.17, 15) is 18.3 Å². The lowest BCUT2D eigenvalue weighted by molar-refractivity contribution is 0.199. The first-order chi connectivity index (χ1) is 9.37. The SMILES string of the molecule is CC(O)c1ccc(NC(=O)N2CCS(=O)(=O)CC2)cc1. The van der Waals surface area contributed by atoms with Crippen molar-refractivity contribution < 1.29 is 18.3 Å². The third-order valence-corrected chi connectivity index (χ3v) is 4.89. The number of amides is 2. The summed E-state index contributed by atoms with van der Waals surface area (Å²) >= 11 is 0. The maximum atomic E-state index is 12.0. The molecule has 1 aliphatic rings. The van der Waals surface area contributed by atoms with Crippen LogP contribution in [0, 0.1) is 0 Å². The second kappa shape index (κ2) is 5.80. The number of nitrogens with one attached hydrogen (secondary N) is 1. The molecule has 1 aromatic carbocycles. The van der Waals surface area contributed by atoms with Crippen LogP contribution in [0.5, 0.6) is 0 Å². The zero-order valence-electron chi connectivity index (χ0n) is 11.2. The Hall–Kier alpha value is -1.60. The Labute approximate surface area is 118 Å². The molecule has 1 atom stereocenters. The van der Waals surface area contributed by atoms with E-state index in [0.717, 1.165) is 5.56 Å². The summed E-state index contributed by atoms with van der Waals surface area (Å²) in [5, 5.41) is 12.1. The van der Waals surface area contributed by atoms with Crippen molar-refractivity contribution in [3.63, 3.8) is 0 Å². The van der Waals surface area contributed by atoms with Crippen molar-refractivity contribution in [3.05, 3.63) is 29.8 Å². The highest BCUT2D eigenvalue weighted by atomic mass is 32.2. The number of urea groups is 1. The van der Waals surface area contributed by atoms with Crippen LogP contribution in [-0.4, -0.2) is 49.1 Å². The number of aliphatic hydroxyl groups is 1. The zero-order valence-corrected chi connectivity index (χ0v) is 12.1. The van der Waals surface area contributed by atoms with Crippen molar-refractivity contribution in [2.45, 2.75) is 13.0 Å². The van der Waals surface area contributed by atoms with Gasteiger partial charge in [0.2, 0.25) is 0 Å². The number of carbonyl (C=O) groups excluding carboxylic acids is 1. The van der Waals surface area contributed by atoms with Crippen LogP contribution in [0.4, 0.5) is 10.5 Å². The molecule has 2 amide bonds. The van der Waals surface area contributed by atoms with Crippen molar-refractivity contribution in [3.8, 4) is 0 Å². The van der Waals surface area contributed by atoms with Crippen molar-refractivity contribution in [2.75, 3.05) is 29.9 Å². The van der Waals surface area contributed by atoms with Crippen molar-refractivity contribution in [1.29, 1.82) is 0 Å². The Balaban J connectivity index is 1.95. The zero-order chi connectivity index (χ0) is 14.8. The number of carbonyl (C=O) groups is 1. The number of sulfone groups is 1. The molecule has 7 heteroatoms. The van der Waals surface area contributed by atoms with Gasteiger partial charge < -0.3 is 15.3 Å². The largest absolute Gasteiger partial charge is 0.389 e. The van der Waals surface area contributed by atoms with E-state index in [1.165, 1.54) is 4.90 Å². The van der Waals surface area contributed by atoms with E-state index in [1.807, 2.05) is 0 Å². The number of aliphatic hydroxyl groups excluding tert-OH is 1. The first-order valence-corrected chi connectivity index (χ1v) is 8.24. The van der Waals surface area contributed by atoms with E-state index in [-0.39, 0.29) is 30.6 Å². The van der Waals surface area contributed by atoms with Gasteiger partial charge in [-0.3, -0.25) is 0 Å². The van der Waals surface area contributed by atoms with Crippen molar-refractivity contribution in [2.24, 2.45) is 0 Å². The lowest BCUT2D eigenvalue weighted by Crippen LogP contribution is -2.45. The minimum absolute atomic E-state index is 0.0153. The summed E-state index contributed by atoms with van der Waals surface area (Å²) in [6.07, 6.45) is -0.549. The fraction of sp³-hybridized carbons (Fsp3) is 0.462. The highest BCUT2D eigenvalue weighted by molar-refractivity contribution is 7.91. The Morgan fingerprint density at radius 1 is 1.25 bits per heavy atom. The van der Waals surface area contributed by atoms with Gasteiger partial charge in [-0.05, 0) is 24.6 Å². The predicted octanol–water partition coefficient (Wildman–Crippen LogP) is 1.00. The predicted molar refractivity (Wildman–Crippen MR) is 76.3 cm³/mol. The van der Waals surface area contributed by atoms with E-state index in [4.69, 9.17) is 0 Å². The average molecular weight is 298 g/mol. The van der Waals surface area contributed by atoms with E-state index in [0.29, 0.717) is 5.69 Å². The maximum absolute atomic E-state index is 12.0. The molecule has 20 heavy (non-hydrogen) atoms. The molecule has 1 saturated heterocycles. The first kappa shape index (κ1) is 14.8. The van der Waals surface area contributed by atoms with Crippen LogP contribution in [-0.2, 0) is 9.84 Å². The van der Waals surface area contributed by atoms with Gasteiger partial charge in [-0.2, -0.15) is 0 Å². The number of rotatable bonds is 2. The van der Waals surface area contributed by atoms with Crippen molar-refractivity contribution >= 4 is 21.6 Å². The molecular weight excluding hydrogens is 280 g/mol. The molecule has 0 saturated carbocycles. The highest BCUT2D eigenvalue weighted by Crippen LogP contribution is 2.16. The van der Waals surface area contributed by atoms with Crippen LogP contribution in [0.15, 0.2) is 24.3 Å². The van der Waals surface area contributed by atoms with Gasteiger partial charge in [-0.15, -0.1) is 0 Å². The molecular formula is C13H18N2O4S. The molecule has 0 bridgehead atoms. The maximum Gasteiger partial charge on any atom is 0.321 e. The minimum Gasteiger partial charge on any atom is -0.389 e. The van der Waals surface area contributed by atoms with E-state index >= 15 is 0 Å². The third-order valence-electron chi connectivity index (χ3n) is 3.28. The van der Waals surface area contributed by atoms with Gasteiger partial charge in [0.1, 0.15) is 0 Å². The summed E-state index contributed by atoms with van der Waals surface area (Å²) in [4.78, 5) is 13.5. The average Bonchev–Trinajstić information content (AvgIpc) is 2.39. The summed E-state index contributed by atoms with van der Waals surface area (Å²) in [5.74, 6) is 0.0305. The highest BCUT2D eigenvalue weighted by Gasteiger charge is 2.24. The summed E-state index contributed by atoms with van der Waals surface area (Å²) in [6, 6.07) is 6.59. The lowest BCUT2D eigenvalue weighted by atomic mass is 10.1. The summed E-state index contributed by atoms with van der Waals surface area (Å²) in [5.41, 5.74) is 1.39. The summed E-state index contributed by atoms with van der Waals surface area (Å²) in [6.45, 7) is 2.11. The smallest absolute Gasteiger partial charge is 0.321 e. The van der Waals surface area contributed by atoms with Crippen LogP contribution < -0.4 is 5.32 Å². The van der Waals surface area contributed by atoms with E-state index in [1.54, 1.807) is 31.2 Å². The molecule has 1 fully saturated rings. The van der Waals surface area contributed by atoms with Crippen molar-refractivity contribution in [1.82, 2.24) is 4.90 Å². The van der Waals surface area contributed by atoms with Gasteiger partial charge in [0.15, 0.2) is 9.84 Å². The van der Waals surface area contributed by atoms with Gasteiger partial charge in [0, 0.05) is 18.8 Å². The Kier molecular flexibility index (Phi) is 4.29. The second-order valence-electron chi connectivity index (χ2n) is 4.87. The summed E-state index contributed by atoms with van der Waals surface area (Å²) in [7, 11) is -2.99. The third kappa shape index (κ3) is 3.71. The molecule has 2 N–H and O–H groups in total. The van der Waals surface area contributed by atoms with Gasteiger partial charge >= 0.3 is 6.03 Å². The molecule has 0 aliphatic carbocycles. The fourth-order valence-electron chi connectivity index (χ4n) is 1.96. The minimum atomic E-state index is -2.99. The van der Waals surface area contributed by atoms with Gasteiger partial charge in [-0.1, -0.05) is 12.1 Å². The molecule has 2 rings (SSSR count). The van der Waals surface area contributed by atoms with Crippen LogP contribution >= 0.6 is 0 Å². The quantitative estimate of drug-likeness (QED) is 0.853. The lowest BCUT2D eigenvalue weighted by Gasteiger charge is -2.26. The number of nitrogens with zero attached hydrogens (tertiary/aromatic N) is 1.